The van der Waals surface area contributed by atoms with Gasteiger partial charge < -0.3 is 10.1 Å². The van der Waals surface area contributed by atoms with Gasteiger partial charge in [-0.05, 0) is 44.2 Å². The topological polar surface area (TPSA) is 64.1 Å². The number of amides is 1. The summed E-state index contributed by atoms with van der Waals surface area (Å²) in [6, 6.07) is 7.57. The molecule has 5 nitrogen and oxygen atoms in total. The van der Waals surface area contributed by atoms with Crippen molar-refractivity contribution in [2.75, 3.05) is 11.1 Å². The molecule has 0 saturated heterocycles. The van der Waals surface area contributed by atoms with E-state index in [1.165, 1.54) is 36.0 Å². The van der Waals surface area contributed by atoms with Gasteiger partial charge in [0.25, 0.3) is 0 Å². The Kier molecular flexibility index (Phi) is 5.86. The third-order valence-electron chi connectivity index (χ3n) is 2.66. The Morgan fingerprint density at radius 3 is 2.39 bits per heavy atom. The number of anilines is 1. The highest BCUT2D eigenvalue weighted by molar-refractivity contribution is 7.99. The van der Waals surface area contributed by atoms with Crippen LogP contribution in [0.3, 0.4) is 0 Å². The number of aryl methyl sites for hydroxylation is 2. The molecule has 0 unspecified atom stereocenters. The maximum atomic E-state index is 12.0. The van der Waals surface area contributed by atoms with Gasteiger partial charge in [0.05, 0.1) is 5.75 Å². The lowest BCUT2D eigenvalue weighted by atomic mass is 10.3. The van der Waals surface area contributed by atoms with Crippen LogP contribution in [0, 0.1) is 13.8 Å². The normalized spacial score (nSPS) is 10.7. The van der Waals surface area contributed by atoms with Gasteiger partial charge in [0.1, 0.15) is 5.75 Å². The Balaban J connectivity index is 1.87. The fourth-order valence-corrected chi connectivity index (χ4v) is 2.55. The minimum Gasteiger partial charge on any atom is -0.435 e. The second-order valence-corrected chi connectivity index (χ2v) is 5.62. The molecule has 0 aliphatic rings. The first kappa shape index (κ1) is 17.1. The summed E-state index contributed by atoms with van der Waals surface area (Å²) in [4.78, 5) is 20.4. The number of ether oxygens (including phenoxy) is 1. The second kappa shape index (κ2) is 7.87. The molecule has 0 fully saturated rings. The summed E-state index contributed by atoms with van der Waals surface area (Å²) < 4.78 is 28.3. The molecule has 1 N–H and O–H groups in total. The van der Waals surface area contributed by atoms with Crippen LogP contribution in [0.5, 0.6) is 5.75 Å². The zero-order valence-electron chi connectivity index (χ0n) is 12.5. The SMILES string of the molecule is Cc1cc(C)nc(SCC(=O)Nc2ccc(OC(F)F)cc2)n1. The number of rotatable bonds is 6. The van der Waals surface area contributed by atoms with Crippen LogP contribution in [0.15, 0.2) is 35.5 Å². The number of hydrogen-bond acceptors (Lipinski definition) is 5. The molecule has 1 aromatic carbocycles. The molecule has 1 heterocycles. The lowest BCUT2D eigenvalue weighted by molar-refractivity contribution is -0.113. The maximum Gasteiger partial charge on any atom is 0.387 e. The summed E-state index contributed by atoms with van der Waals surface area (Å²) >= 11 is 1.23. The van der Waals surface area contributed by atoms with Gasteiger partial charge in [-0.3, -0.25) is 4.79 Å². The van der Waals surface area contributed by atoms with Crippen molar-refractivity contribution >= 4 is 23.4 Å². The number of nitrogens with zero attached hydrogens (tertiary/aromatic N) is 2. The number of halogens is 2. The van der Waals surface area contributed by atoms with Crippen molar-refractivity contribution in [1.29, 1.82) is 0 Å². The molecule has 8 heteroatoms. The summed E-state index contributed by atoms with van der Waals surface area (Å²) in [5, 5.41) is 3.20. The maximum absolute atomic E-state index is 12.0. The van der Waals surface area contributed by atoms with Crippen molar-refractivity contribution in [1.82, 2.24) is 9.97 Å². The van der Waals surface area contributed by atoms with Crippen molar-refractivity contribution in [3.63, 3.8) is 0 Å². The number of nitrogens with one attached hydrogen (secondary N) is 1. The smallest absolute Gasteiger partial charge is 0.387 e. The number of aromatic nitrogens is 2. The first-order chi connectivity index (χ1) is 10.9. The molecule has 23 heavy (non-hydrogen) atoms. The average Bonchev–Trinajstić information content (AvgIpc) is 2.46. The number of thioether (sulfide) groups is 1. The van der Waals surface area contributed by atoms with Crippen LogP contribution in [0.4, 0.5) is 14.5 Å². The van der Waals surface area contributed by atoms with E-state index in [0.717, 1.165) is 11.4 Å². The van der Waals surface area contributed by atoms with Crippen LogP contribution in [-0.2, 0) is 4.79 Å². The lowest BCUT2D eigenvalue weighted by Gasteiger charge is -2.07. The van der Waals surface area contributed by atoms with Gasteiger partial charge in [-0.1, -0.05) is 11.8 Å². The molecular formula is C15H15F2N3O2S. The summed E-state index contributed by atoms with van der Waals surface area (Å²) in [7, 11) is 0. The minimum absolute atomic E-state index is 0.0380. The largest absolute Gasteiger partial charge is 0.435 e. The Bertz CT molecular complexity index is 661. The van der Waals surface area contributed by atoms with Crippen molar-refractivity contribution < 1.29 is 18.3 Å². The number of hydrogen-bond donors (Lipinski definition) is 1. The van der Waals surface area contributed by atoms with Crippen LogP contribution in [0.1, 0.15) is 11.4 Å². The van der Waals surface area contributed by atoms with Crippen LogP contribution >= 0.6 is 11.8 Å². The fourth-order valence-electron chi connectivity index (χ4n) is 1.81. The summed E-state index contributed by atoms with van der Waals surface area (Å²) in [5.41, 5.74) is 2.18. The first-order valence-corrected chi connectivity index (χ1v) is 7.71. The van der Waals surface area contributed by atoms with E-state index in [4.69, 9.17) is 0 Å². The van der Waals surface area contributed by atoms with Crippen LogP contribution in [0.25, 0.3) is 0 Å². The van der Waals surface area contributed by atoms with E-state index < -0.39 is 6.61 Å². The molecule has 1 amide bonds. The molecule has 1 aromatic heterocycles. The van der Waals surface area contributed by atoms with Crippen LogP contribution in [-0.4, -0.2) is 28.2 Å². The van der Waals surface area contributed by atoms with E-state index in [1.54, 1.807) is 0 Å². The Hall–Kier alpha value is -2.22. The van der Waals surface area contributed by atoms with E-state index >= 15 is 0 Å². The van der Waals surface area contributed by atoms with E-state index in [1.807, 2.05) is 19.9 Å². The van der Waals surface area contributed by atoms with Gasteiger partial charge in [0, 0.05) is 17.1 Å². The first-order valence-electron chi connectivity index (χ1n) is 6.72. The Morgan fingerprint density at radius 1 is 1.22 bits per heavy atom. The molecule has 0 aliphatic heterocycles. The summed E-state index contributed by atoms with van der Waals surface area (Å²) in [6.45, 7) is 0.855. The van der Waals surface area contributed by atoms with E-state index in [0.29, 0.717) is 10.8 Å². The van der Waals surface area contributed by atoms with Crippen LogP contribution < -0.4 is 10.1 Å². The average molecular weight is 339 g/mol. The van der Waals surface area contributed by atoms with Gasteiger partial charge in [0.2, 0.25) is 5.91 Å². The van der Waals surface area contributed by atoms with E-state index in [9.17, 15) is 13.6 Å². The zero-order valence-corrected chi connectivity index (χ0v) is 13.4. The predicted octanol–water partition coefficient (Wildman–Crippen LogP) is 3.43. The lowest BCUT2D eigenvalue weighted by Crippen LogP contribution is -2.14. The van der Waals surface area contributed by atoms with E-state index in [2.05, 4.69) is 20.0 Å². The van der Waals surface area contributed by atoms with Crippen molar-refractivity contribution in [3.05, 3.63) is 41.7 Å². The molecule has 2 rings (SSSR count). The van der Waals surface area contributed by atoms with Crippen molar-refractivity contribution in [2.24, 2.45) is 0 Å². The fraction of sp³-hybridized carbons (Fsp3) is 0.267. The predicted molar refractivity (Wildman–Crippen MR) is 83.9 cm³/mol. The van der Waals surface area contributed by atoms with Gasteiger partial charge in [0.15, 0.2) is 5.16 Å². The minimum atomic E-state index is -2.87. The molecule has 2 aromatic rings. The molecule has 0 spiro atoms. The monoisotopic (exact) mass is 339 g/mol. The summed E-state index contributed by atoms with van der Waals surface area (Å²) in [5.74, 6) is -0.0469. The van der Waals surface area contributed by atoms with Gasteiger partial charge in [-0.25, -0.2) is 9.97 Å². The molecule has 0 radical (unpaired) electrons. The van der Waals surface area contributed by atoms with Crippen molar-refractivity contribution in [2.45, 2.75) is 25.6 Å². The zero-order chi connectivity index (χ0) is 16.8. The summed E-state index contributed by atoms with van der Waals surface area (Å²) in [6.07, 6.45) is 0. The number of carbonyl (C=O) groups is 1. The van der Waals surface area contributed by atoms with Crippen molar-refractivity contribution in [3.8, 4) is 5.75 Å². The molecule has 0 bridgehead atoms. The number of benzene rings is 1. The molecule has 0 atom stereocenters. The highest BCUT2D eigenvalue weighted by Crippen LogP contribution is 2.19. The molecule has 0 saturated carbocycles. The third-order valence-corrected chi connectivity index (χ3v) is 3.50. The van der Waals surface area contributed by atoms with Gasteiger partial charge >= 0.3 is 6.61 Å². The highest BCUT2D eigenvalue weighted by atomic mass is 32.2. The highest BCUT2D eigenvalue weighted by Gasteiger charge is 2.08. The van der Waals surface area contributed by atoms with Crippen LogP contribution in [0.2, 0.25) is 0 Å². The molecule has 122 valence electrons. The molecular weight excluding hydrogens is 324 g/mol. The molecule has 0 aliphatic carbocycles. The van der Waals surface area contributed by atoms with Gasteiger partial charge in [-0.15, -0.1) is 0 Å². The van der Waals surface area contributed by atoms with Gasteiger partial charge in [-0.2, -0.15) is 8.78 Å². The Morgan fingerprint density at radius 2 is 1.83 bits per heavy atom. The Labute approximate surface area is 136 Å². The van der Waals surface area contributed by atoms with E-state index in [-0.39, 0.29) is 17.4 Å². The number of alkyl halides is 2. The quantitative estimate of drug-likeness (QED) is 0.645. The number of carbonyl (C=O) groups excluding carboxylic acids is 1. The second-order valence-electron chi connectivity index (χ2n) is 4.67. The standard InChI is InChI=1S/C15H15F2N3O2S/c1-9-7-10(2)19-15(18-9)23-8-13(21)20-11-3-5-12(6-4-11)22-14(16)17/h3-7,14H,8H2,1-2H3,(H,20,21). The third kappa shape index (κ3) is 5.82.